The summed E-state index contributed by atoms with van der Waals surface area (Å²) in [6, 6.07) is 17.5. The Morgan fingerprint density at radius 2 is 1.53 bits per heavy atom. The van der Waals surface area contributed by atoms with Crippen LogP contribution in [0.5, 0.6) is 0 Å². The van der Waals surface area contributed by atoms with Gasteiger partial charge in [-0.05, 0) is 42.0 Å². The molecular weight excluding hydrogens is 414 g/mol. The summed E-state index contributed by atoms with van der Waals surface area (Å²) in [5.74, 6) is -0.543. The second-order valence-corrected chi connectivity index (χ2v) is 8.33. The lowest BCUT2D eigenvalue weighted by molar-refractivity contribution is -0.384. The lowest BCUT2D eigenvalue weighted by Gasteiger charge is -2.25. The van der Waals surface area contributed by atoms with Crippen molar-refractivity contribution in [3.8, 4) is 0 Å². The van der Waals surface area contributed by atoms with Crippen LogP contribution in [-0.2, 0) is 10.0 Å². The van der Waals surface area contributed by atoms with Crippen LogP contribution < -0.4 is 4.31 Å². The molecule has 0 N–H and O–H groups in total. The summed E-state index contributed by atoms with van der Waals surface area (Å²) in [5.41, 5.74) is 0.328. The minimum absolute atomic E-state index is 0.131. The van der Waals surface area contributed by atoms with Crippen molar-refractivity contribution >= 4 is 21.4 Å². The molecule has 0 radical (unpaired) electrons. The van der Waals surface area contributed by atoms with Crippen LogP contribution in [-0.4, -0.2) is 19.9 Å². The number of nitro benzene ring substituents is 1. The highest BCUT2D eigenvalue weighted by Crippen LogP contribution is 2.28. The van der Waals surface area contributed by atoms with Crippen molar-refractivity contribution in [1.29, 1.82) is 0 Å². The van der Waals surface area contributed by atoms with Gasteiger partial charge in [-0.25, -0.2) is 17.2 Å². The number of non-ortho nitro benzene ring substituents is 1. The summed E-state index contributed by atoms with van der Waals surface area (Å²) in [7, 11) is -4.17. The predicted molar refractivity (Wildman–Crippen MR) is 109 cm³/mol. The summed E-state index contributed by atoms with van der Waals surface area (Å²) in [5, 5.41) is 10.8. The van der Waals surface area contributed by atoms with Crippen molar-refractivity contribution in [2.45, 2.75) is 17.5 Å². The number of anilines is 1. The van der Waals surface area contributed by atoms with Crippen LogP contribution in [0.3, 0.4) is 0 Å². The maximum Gasteiger partial charge on any atom is 0.269 e. The molecule has 156 valence electrons. The molecule has 0 saturated heterocycles. The van der Waals surface area contributed by atoms with Crippen molar-refractivity contribution in [3.05, 3.63) is 100 Å². The van der Waals surface area contributed by atoms with E-state index in [-0.39, 0.29) is 29.2 Å². The highest BCUT2D eigenvalue weighted by Gasteiger charge is 2.27. The molecule has 0 aliphatic heterocycles. The molecule has 3 aromatic rings. The molecular formula is C21H18F2N2O4S. The highest BCUT2D eigenvalue weighted by molar-refractivity contribution is 7.92. The predicted octanol–water partition coefficient (Wildman–Crippen LogP) is 5.03. The van der Waals surface area contributed by atoms with Gasteiger partial charge in [0.1, 0.15) is 12.0 Å². The molecule has 0 aromatic heterocycles. The smallest absolute Gasteiger partial charge is 0.266 e. The number of halogens is 2. The first-order chi connectivity index (χ1) is 14.3. The Morgan fingerprint density at radius 1 is 0.933 bits per heavy atom. The Labute approximate surface area is 172 Å². The van der Waals surface area contributed by atoms with Crippen molar-refractivity contribution in [2.24, 2.45) is 0 Å². The molecule has 0 aliphatic rings. The second kappa shape index (κ2) is 9.00. The fourth-order valence-electron chi connectivity index (χ4n) is 2.92. The molecule has 3 rings (SSSR count). The molecule has 0 spiro atoms. The normalized spacial score (nSPS) is 12.3. The van der Waals surface area contributed by atoms with Crippen LogP contribution in [0, 0.1) is 15.9 Å². The number of nitro groups is 1. The summed E-state index contributed by atoms with van der Waals surface area (Å²) >= 11 is 0. The molecule has 0 aliphatic carbocycles. The van der Waals surface area contributed by atoms with Gasteiger partial charge in [-0.15, -0.1) is 0 Å². The highest BCUT2D eigenvalue weighted by atomic mass is 32.2. The topological polar surface area (TPSA) is 80.5 Å². The van der Waals surface area contributed by atoms with Gasteiger partial charge >= 0.3 is 0 Å². The molecule has 30 heavy (non-hydrogen) atoms. The van der Waals surface area contributed by atoms with E-state index in [0.717, 1.165) is 40.7 Å². The van der Waals surface area contributed by atoms with E-state index < -0.39 is 26.9 Å². The SMILES string of the molecule is O=[N+]([O-])c1ccc(S(=O)(=O)N(CCC(F)c2ccccc2)c2ccc(F)cc2)cc1. The minimum Gasteiger partial charge on any atom is -0.266 e. The Bertz CT molecular complexity index is 1110. The molecule has 0 fully saturated rings. The summed E-state index contributed by atoms with van der Waals surface area (Å²) < 4.78 is 55.3. The van der Waals surface area contributed by atoms with Crippen LogP contribution in [0.15, 0.2) is 83.8 Å². The number of alkyl halides is 1. The van der Waals surface area contributed by atoms with E-state index in [1.165, 1.54) is 12.1 Å². The van der Waals surface area contributed by atoms with Crippen LogP contribution in [0.25, 0.3) is 0 Å². The maximum absolute atomic E-state index is 14.7. The van der Waals surface area contributed by atoms with E-state index in [2.05, 4.69) is 0 Å². The number of hydrogen-bond donors (Lipinski definition) is 0. The van der Waals surface area contributed by atoms with E-state index in [1.54, 1.807) is 30.3 Å². The van der Waals surface area contributed by atoms with Crippen molar-refractivity contribution in [3.63, 3.8) is 0 Å². The Kier molecular flexibility index (Phi) is 6.41. The van der Waals surface area contributed by atoms with Crippen LogP contribution in [0.4, 0.5) is 20.2 Å². The quantitative estimate of drug-likeness (QED) is 0.369. The van der Waals surface area contributed by atoms with E-state index in [1.807, 2.05) is 0 Å². The van der Waals surface area contributed by atoms with E-state index in [0.29, 0.717) is 5.56 Å². The monoisotopic (exact) mass is 432 g/mol. The third kappa shape index (κ3) is 4.80. The first kappa shape index (κ1) is 21.4. The zero-order valence-electron chi connectivity index (χ0n) is 15.7. The average molecular weight is 432 g/mol. The van der Waals surface area contributed by atoms with Gasteiger partial charge in [0.25, 0.3) is 15.7 Å². The van der Waals surface area contributed by atoms with Crippen molar-refractivity contribution in [1.82, 2.24) is 0 Å². The fourth-order valence-corrected chi connectivity index (χ4v) is 4.40. The van der Waals surface area contributed by atoms with Gasteiger partial charge in [-0.3, -0.25) is 14.4 Å². The van der Waals surface area contributed by atoms with Crippen LogP contribution in [0.1, 0.15) is 18.2 Å². The van der Waals surface area contributed by atoms with E-state index in [4.69, 9.17) is 0 Å². The van der Waals surface area contributed by atoms with Gasteiger partial charge in [0.2, 0.25) is 0 Å². The van der Waals surface area contributed by atoms with Crippen molar-refractivity contribution in [2.75, 3.05) is 10.8 Å². The lowest BCUT2D eigenvalue weighted by Crippen LogP contribution is -2.32. The lowest BCUT2D eigenvalue weighted by atomic mass is 10.1. The molecule has 0 bridgehead atoms. The number of nitrogens with zero attached hydrogens (tertiary/aromatic N) is 2. The van der Waals surface area contributed by atoms with Gasteiger partial charge in [-0.2, -0.15) is 0 Å². The third-order valence-corrected chi connectivity index (χ3v) is 6.34. The molecule has 3 aromatic carbocycles. The number of benzene rings is 3. The van der Waals surface area contributed by atoms with Crippen molar-refractivity contribution < 1.29 is 22.1 Å². The molecule has 1 atom stereocenters. The first-order valence-electron chi connectivity index (χ1n) is 9.01. The first-order valence-corrected chi connectivity index (χ1v) is 10.4. The number of hydrogen-bond acceptors (Lipinski definition) is 4. The van der Waals surface area contributed by atoms with Crippen LogP contribution in [0.2, 0.25) is 0 Å². The van der Waals surface area contributed by atoms with Gasteiger partial charge in [0.05, 0.1) is 15.5 Å². The summed E-state index contributed by atoms with van der Waals surface area (Å²) in [6.07, 6.45) is -1.53. The minimum atomic E-state index is -4.17. The largest absolute Gasteiger partial charge is 0.269 e. The zero-order chi connectivity index (χ0) is 21.7. The standard InChI is InChI=1S/C21H18F2N2O4S/c22-17-6-8-18(9-7-17)24(15-14-21(23)16-4-2-1-3-5-16)30(28,29)20-12-10-19(11-13-20)25(26)27/h1-13,21H,14-15H2. The average Bonchev–Trinajstić information content (AvgIpc) is 2.75. The maximum atomic E-state index is 14.7. The Hall–Kier alpha value is -3.33. The van der Waals surface area contributed by atoms with Gasteiger partial charge < -0.3 is 0 Å². The Morgan fingerprint density at radius 3 is 2.10 bits per heavy atom. The van der Waals surface area contributed by atoms with E-state index in [9.17, 15) is 27.3 Å². The molecule has 6 nitrogen and oxygen atoms in total. The summed E-state index contributed by atoms with van der Waals surface area (Å²) in [4.78, 5) is 10.0. The van der Waals surface area contributed by atoms with Gasteiger partial charge in [-0.1, -0.05) is 30.3 Å². The molecule has 0 amide bonds. The molecule has 1 unspecified atom stereocenters. The summed E-state index contributed by atoms with van der Waals surface area (Å²) in [6.45, 7) is -0.207. The van der Waals surface area contributed by atoms with Gasteiger partial charge in [0.15, 0.2) is 0 Å². The molecule has 9 heteroatoms. The number of rotatable bonds is 8. The van der Waals surface area contributed by atoms with E-state index >= 15 is 0 Å². The zero-order valence-corrected chi connectivity index (χ0v) is 16.5. The van der Waals surface area contributed by atoms with Crippen LogP contribution >= 0.6 is 0 Å². The second-order valence-electron chi connectivity index (χ2n) is 6.47. The third-order valence-electron chi connectivity index (χ3n) is 4.50. The Balaban J connectivity index is 1.92. The number of sulfonamides is 1. The van der Waals surface area contributed by atoms with Gasteiger partial charge in [0, 0.05) is 25.1 Å². The molecule has 0 saturated carbocycles. The fraction of sp³-hybridized carbons (Fsp3) is 0.143. The molecule has 0 heterocycles.